The van der Waals surface area contributed by atoms with Crippen LogP contribution >= 0.6 is 11.3 Å². The van der Waals surface area contributed by atoms with Gasteiger partial charge in [-0.3, -0.25) is 9.59 Å². The van der Waals surface area contributed by atoms with Crippen LogP contribution in [0.25, 0.3) is 5.65 Å². The van der Waals surface area contributed by atoms with Crippen LogP contribution in [0.2, 0.25) is 0 Å². The normalized spacial score (nSPS) is 28.8. The van der Waals surface area contributed by atoms with Gasteiger partial charge in [0.2, 0.25) is 12.5 Å². The Balaban J connectivity index is 0.000000280. The van der Waals surface area contributed by atoms with Gasteiger partial charge in [-0.15, -0.1) is 16.4 Å². The first-order valence-electron chi connectivity index (χ1n) is 18.6. The van der Waals surface area contributed by atoms with E-state index in [1.165, 1.54) is 38.9 Å². The molecule has 316 valence electrons. The quantitative estimate of drug-likeness (QED) is 0.164. The maximum atomic E-state index is 13.5. The number of aryl methyl sites for hydroxylation is 1. The van der Waals surface area contributed by atoms with Crippen molar-refractivity contribution in [2.75, 3.05) is 34.2 Å². The number of carbonyl (C=O) groups is 2. The zero-order valence-electron chi connectivity index (χ0n) is 32.0. The van der Waals surface area contributed by atoms with Gasteiger partial charge in [-0.05, 0) is 52.4 Å². The number of aliphatic hydroxyl groups is 2. The minimum Gasteiger partial charge on any atom is -0.502 e. The number of rotatable bonds is 7. The minimum absolute atomic E-state index is 0.0242. The van der Waals surface area contributed by atoms with Gasteiger partial charge in [0.05, 0.1) is 44.3 Å². The van der Waals surface area contributed by atoms with Crippen LogP contribution in [-0.2, 0) is 35.5 Å². The Kier molecular flexibility index (Phi) is 10.3. The van der Waals surface area contributed by atoms with Gasteiger partial charge in [0.15, 0.2) is 46.9 Å². The van der Waals surface area contributed by atoms with Crippen molar-refractivity contribution in [2.45, 2.75) is 49.0 Å². The monoisotopic (exact) mass is 850 g/mol. The molecule has 5 aromatic rings. The maximum absolute atomic E-state index is 13.5. The molecule has 22 heteroatoms. The van der Waals surface area contributed by atoms with E-state index in [1.54, 1.807) is 18.2 Å². The second-order valence-electron chi connectivity index (χ2n) is 14.4. The molecule has 2 aromatic carbocycles. The molecule has 3 fully saturated rings. The molecule has 3 aromatic heterocycles. The van der Waals surface area contributed by atoms with Crippen molar-refractivity contribution in [1.29, 1.82) is 0 Å². The first-order valence-corrected chi connectivity index (χ1v) is 19.4. The van der Waals surface area contributed by atoms with Crippen LogP contribution in [0, 0.1) is 11.8 Å². The number of phenols is 1. The van der Waals surface area contributed by atoms with Crippen molar-refractivity contribution >= 4 is 28.9 Å². The number of aromatic nitrogens is 5. The van der Waals surface area contributed by atoms with Gasteiger partial charge in [0, 0.05) is 18.9 Å². The number of nitrogens with two attached hydrogens (primary N) is 1. The summed E-state index contributed by atoms with van der Waals surface area (Å²) < 4.78 is 54.7. The second kappa shape index (κ2) is 15.6. The number of primary amides is 1. The molecule has 0 spiro atoms. The molecule has 0 radical (unpaired) electrons. The Morgan fingerprint density at radius 3 is 2.40 bits per heavy atom. The summed E-state index contributed by atoms with van der Waals surface area (Å²) in [5.41, 5.74) is 6.60. The SMILES string of the molecule is COc1cc([C@@H]2c3cc4c(cc3[C@@H](O[C@@H]3O[C@@H]5COC(c6cccs6)O[C@H]5[C@H](O)[C@H]3O)[C@H]3COC(=O)[C@H]23)OCO4)cc(OC)c1O.Cn1nnc2c(C(N)=O)ncn2c1=O. The highest BCUT2D eigenvalue weighted by molar-refractivity contribution is 7.10. The molecule has 21 nitrogen and oxygen atoms in total. The number of carbonyl (C=O) groups excluding carboxylic acids is 2. The van der Waals surface area contributed by atoms with Crippen LogP contribution in [0.1, 0.15) is 50.4 Å². The van der Waals surface area contributed by atoms with Crippen molar-refractivity contribution in [2.24, 2.45) is 24.6 Å². The van der Waals surface area contributed by atoms with E-state index in [0.29, 0.717) is 28.2 Å². The summed E-state index contributed by atoms with van der Waals surface area (Å²) in [6.07, 6.45) is -5.98. The minimum atomic E-state index is -1.47. The number of amides is 1. The molecule has 1 amide bonds. The van der Waals surface area contributed by atoms with Crippen molar-refractivity contribution in [1.82, 2.24) is 24.4 Å². The van der Waals surface area contributed by atoms with E-state index < -0.39 is 78.4 Å². The highest BCUT2D eigenvalue weighted by Gasteiger charge is 2.56. The fourth-order valence-corrected chi connectivity index (χ4v) is 8.94. The van der Waals surface area contributed by atoms with Gasteiger partial charge in [0.25, 0.3) is 5.91 Å². The molecule has 10 atom stereocenters. The van der Waals surface area contributed by atoms with Gasteiger partial charge in [-0.25, -0.2) is 14.2 Å². The number of benzene rings is 2. The lowest BCUT2D eigenvalue weighted by Gasteiger charge is -2.48. The fraction of sp³-hybridized carbons (Fsp3) is 0.421. The van der Waals surface area contributed by atoms with E-state index in [1.807, 2.05) is 23.6 Å². The molecular weight excluding hydrogens is 813 g/mol. The molecule has 5 N–H and O–H groups in total. The molecule has 60 heavy (non-hydrogen) atoms. The maximum Gasteiger partial charge on any atom is 0.352 e. The number of nitrogens with zero attached hydrogens (tertiary/aromatic N) is 5. The fourth-order valence-electron chi connectivity index (χ4n) is 8.24. The number of ether oxygens (including phenoxy) is 9. The van der Waals surface area contributed by atoms with Crippen LogP contribution in [0.4, 0.5) is 0 Å². The molecular formula is C38H38N6O15S. The number of hydrogen-bond donors (Lipinski definition) is 4. The first-order chi connectivity index (χ1) is 29.0. The number of thiophene rings is 1. The van der Waals surface area contributed by atoms with Crippen molar-refractivity contribution in [3.8, 4) is 28.7 Å². The van der Waals surface area contributed by atoms with Gasteiger partial charge < -0.3 is 63.7 Å². The molecule has 4 aliphatic heterocycles. The summed E-state index contributed by atoms with van der Waals surface area (Å²) in [6.45, 7) is 0.171. The van der Waals surface area contributed by atoms with E-state index in [0.717, 1.165) is 14.0 Å². The molecule has 1 aliphatic carbocycles. The molecule has 10 rings (SSSR count). The smallest absolute Gasteiger partial charge is 0.352 e. The van der Waals surface area contributed by atoms with E-state index in [-0.39, 0.29) is 48.6 Å². The number of fused-ring (bicyclic) bond motifs is 5. The average molecular weight is 851 g/mol. The third-order valence-corrected chi connectivity index (χ3v) is 12.0. The van der Waals surface area contributed by atoms with Gasteiger partial charge in [0.1, 0.15) is 30.7 Å². The van der Waals surface area contributed by atoms with Crippen LogP contribution in [0.15, 0.2) is 52.9 Å². The number of hydrogen-bond acceptors (Lipinski definition) is 19. The Bertz CT molecular complexity index is 2490. The van der Waals surface area contributed by atoms with Crippen molar-refractivity contribution in [3.63, 3.8) is 0 Å². The zero-order chi connectivity index (χ0) is 42.0. The van der Waals surface area contributed by atoms with Crippen LogP contribution < -0.4 is 30.4 Å². The number of cyclic esters (lactones) is 1. The Hall–Kier alpha value is -5.88. The zero-order valence-corrected chi connectivity index (χ0v) is 32.8. The first kappa shape index (κ1) is 39.6. The topological polar surface area (TPSA) is 269 Å². The third-order valence-electron chi connectivity index (χ3n) is 11.1. The summed E-state index contributed by atoms with van der Waals surface area (Å²) in [6, 6.07) is 10.7. The van der Waals surface area contributed by atoms with E-state index in [9.17, 15) is 29.7 Å². The largest absolute Gasteiger partial charge is 0.502 e. The third kappa shape index (κ3) is 6.65. The van der Waals surface area contributed by atoms with E-state index >= 15 is 0 Å². The number of aromatic hydroxyl groups is 1. The number of esters is 1. The van der Waals surface area contributed by atoms with E-state index in [4.69, 9.17) is 48.4 Å². The molecule has 7 heterocycles. The Morgan fingerprint density at radius 1 is 0.983 bits per heavy atom. The highest BCUT2D eigenvalue weighted by atomic mass is 32.1. The average Bonchev–Trinajstić information content (AvgIpc) is 4.09. The second-order valence-corrected chi connectivity index (χ2v) is 15.4. The van der Waals surface area contributed by atoms with Crippen LogP contribution in [-0.4, -0.2) is 117 Å². The number of methoxy groups -OCH3 is 2. The lowest BCUT2D eigenvalue weighted by atomic mass is 9.66. The summed E-state index contributed by atoms with van der Waals surface area (Å²) in [5, 5.41) is 42.1. The van der Waals surface area contributed by atoms with Crippen molar-refractivity contribution < 1.29 is 67.5 Å². The highest BCUT2D eigenvalue weighted by Crippen LogP contribution is 2.57. The van der Waals surface area contributed by atoms with Crippen molar-refractivity contribution in [3.05, 3.63) is 85.9 Å². The summed E-state index contributed by atoms with van der Waals surface area (Å²) >= 11 is 1.46. The molecule has 1 unspecified atom stereocenters. The number of aliphatic hydroxyl groups excluding tert-OH is 2. The number of imidazole rings is 1. The Labute approximate surface area is 342 Å². The molecule has 0 bridgehead atoms. The van der Waals surface area contributed by atoms with Crippen LogP contribution in [0.5, 0.6) is 28.7 Å². The summed E-state index contributed by atoms with van der Waals surface area (Å²) in [7, 11) is 4.31. The standard InChI is InChI=1S/C32H32O13S.C6H6N6O2/c1-37-19-6-13(7-20(38-2)25(19)33)23-14-8-17-18(42-12-41-17)9-15(14)28(16-10-39-30(36)24(16)23)44-32-27(35)26(34)29-21(43-32)11-40-31(45-29)22-4-3-5-46-22;1-11-6(14)12-2-8-3(4(7)13)5(12)9-10-11/h3-9,16,21,23-24,26-29,31-35H,10-12H2,1-2H3;2H,1H3,(H2,7,13)/t16-,21+,23+,24-,26+,27+,28+,29+,31?,32-;/m0./s1. The lowest BCUT2D eigenvalue weighted by molar-refractivity contribution is -0.368. The summed E-state index contributed by atoms with van der Waals surface area (Å²) in [4.78, 5) is 40.2. The predicted molar refractivity (Wildman–Crippen MR) is 200 cm³/mol. The van der Waals surface area contributed by atoms with E-state index in [2.05, 4.69) is 15.3 Å². The van der Waals surface area contributed by atoms with Crippen LogP contribution in [0.3, 0.4) is 0 Å². The molecule has 0 saturated carbocycles. The van der Waals surface area contributed by atoms with Gasteiger partial charge in [-0.1, -0.05) is 11.3 Å². The Morgan fingerprint density at radius 2 is 1.72 bits per heavy atom. The molecule has 5 aliphatic rings. The van der Waals surface area contributed by atoms with Gasteiger partial charge in [-0.2, -0.15) is 4.68 Å². The predicted octanol–water partition coefficient (Wildman–Crippen LogP) is 0.675. The lowest BCUT2D eigenvalue weighted by Crippen LogP contribution is -2.62. The number of phenolic OH excluding ortho intramolecular Hbond substituents is 1. The van der Waals surface area contributed by atoms with Gasteiger partial charge >= 0.3 is 11.7 Å². The molecule has 3 saturated heterocycles. The summed E-state index contributed by atoms with van der Waals surface area (Å²) in [5.74, 6) is -1.83.